The van der Waals surface area contributed by atoms with Gasteiger partial charge in [0.25, 0.3) is 0 Å². The van der Waals surface area contributed by atoms with Gasteiger partial charge in [0.15, 0.2) is 11.6 Å². The molecular weight excluding hydrogens is 204 g/mol. The Bertz CT molecular complexity index is 307. The lowest BCUT2D eigenvalue weighted by Gasteiger charge is -2.06. The maximum atomic E-state index is 12.7. The number of rotatable bonds is 6. The van der Waals surface area contributed by atoms with Crippen LogP contribution in [0.2, 0.25) is 0 Å². The van der Waals surface area contributed by atoms with Crippen molar-refractivity contribution in [1.82, 2.24) is 0 Å². The summed E-state index contributed by atoms with van der Waals surface area (Å²) in [5.74, 6) is -1.53. The fourth-order valence-corrected chi connectivity index (χ4v) is 0.970. The summed E-state index contributed by atoms with van der Waals surface area (Å²) in [4.78, 5) is 0. The van der Waals surface area contributed by atoms with Gasteiger partial charge in [0, 0.05) is 12.6 Å². The van der Waals surface area contributed by atoms with Gasteiger partial charge in [0.1, 0.15) is 12.4 Å². The molecule has 1 aromatic rings. The van der Waals surface area contributed by atoms with Gasteiger partial charge in [-0.1, -0.05) is 0 Å². The molecule has 0 fully saturated rings. The second kappa shape index (κ2) is 6.31. The van der Waals surface area contributed by atoms with Crippen LogP contribution in [0, 0.1) is 11.6 Å². The van der Waals surface area contributed by atoms with E-state index in [1.54, 1.807) is 0 Å². The van der Waals surface area contributed by atoms with E-state index >= 15 is 0 Å². The SMILES string of the molecule is NCCOCCOc1ccc(F)c(F)c1. The zero-order chi connectivity index (χ0) is 11.1. The van der Waals surface area contributed by atoms with E-state index in [4.69, 9.17) is 15.2 Å². The first-order valence-electron chi connectivity index (χ1n) is 4.59. The van der Waals surface area contributed by atoms with Gasteiger partial charge in [-0.25, -0.2) is 8.78 Å². The van der Waals surface area contributed by atoms with Gasteiger partial charge in [-0.05, 0) is 12.1 Å². The standard InChI is InChI=1S/C10H13F2NO2/c11-9-2-1-8(7-10(9)12)15-6-5-14-4-3-13/h1-2,7H,3-6,13H2. The van der Waals surface area contributed by atoms with E-state index in [9.17, 15) is 8.78 Å². The van der Waals surface area contributed by atoms with Crippen molar-refractivity contribution in [1.29, 1.82) is 0 Å². The molecule has 0 atom stereocenters. The van der Waals surface area contributed by atoms with E-state index in [1.807, 2.05) is 0 Å². The molecule has 3 nitrogen and oxygen atoms in total. The molecule has 84 valence electrons. The van der Waals surface area contributed by atoms with Gasteiger partial charge in [0.2, 0.25) is 0 Å². The molecule has 0 aliphatic heterocycles. The van der Waals surface area contributed by atoms with E-state index in [2.05, 4.69) is 0 Å². The maximum Gasteiger partial charge on any atom is 0.162 e. The van der Waals surface area contributed by atoms with Crippen LogP contribution in [0.3, 0.4) is 0 Å². The molecule has 0 spiro atoms. The molecule has 1 rings (SSSR count). The van der Waals surface area contributed by atoms with Crippen molar-refractivity contribution in [2.75, 3.05) is 26.4 Å². The lowest BCUT2D eigenvalue weighted by Crippen LogP contribution is -2.13. The summed E-state index contributed by atoms with van der Waals surface area (Å²) in [6.07, 6.45) is 0. The summed E-state index contributed by atoms with van der Waals surface area (Å²) < 4.78 is 35.4. The van der Waals surface area contributed by atoms with E-state index < -0.39 is 11.6 Å². The first-order valence-corrected chi connectivity index (χ1v) is 4.59. The predicted molar refractivity (Wildman–Crippen MR) is 51.7 cm³/mol. The van der Waals surface area contributed by atoms with Crippen molar-refractivity contribution in [3.05, 3.63) is 29.8 Å². The van der Waals surface area contributed by atoms with Crippen molar-refractivity contribution in [3.63, 3.8) is 0 Å². The van der Waals surface area contributed by atoms with Crippen molar-refractivity contribution in [3.8, 4) is 5.75 Å². The highest BCUT2D eigenvalue weighted by atomic mass is 19.2. The molecule has 0 saturated heterocycles. The van der Waals surface area contributed by atoms with E-state index in [0.29, 0.717) is 19.8 Å². The van der Waals surface area contributed by atoms with Crippen molar-refractivity contribution in [2.45, 2.75) is 0 Å². The Hall–Kier alpha value is -1.20. The number of hydrogen-bond donors (Lipinski definition) is 1. The fourth-order valence-electron chi connectivity index (χ4n) is 0.970. The molecule has 1 aromatic carbocycles. The molecule has 0 radical (unpaired) electrons. The fraction of sp³-hybridized carbons (Fsp3) is 0.400. The molecule has 15 heavy (non-hydrogen) atoms. The van der Waals surface area contributed by atoms with Gasteiger partial charge in [-0.2, -0.15) is 0 Å². The van der Waals surface area contributed by atoms with Crippen LogP contribution in [-0.2, 0) is 4.74 Å². The lowest BCUT2D eigenvalue weighted by molar-refractivity contribution is 0.105. The smallest absolute Gasteiger partial charge is 0.162 e. The molecule has 0 amide bonds. The van der Waals surface area contributed by atoms with Crippen molar-refractivity contribution in [2.24, 2.45) is 5.73 Å². The molecule has 5 heteroatoms. The van der Waals surface area contributed by atoms with Crippen LogP contribution in [0.25, 0.3) is 0 Å². The van der Waals surface area contributed by atoms with Crippen LogP contribution in [0.1, 0.15) is 0 Å². The summed E-state index contributed by atoms with van der Waals surface area (Å²) in [6.45, 7) is 1.56. The molecule has 2 N–H and O–H groups in total. The quantitative estimate of drug-likeness (QED) is 0.731. The van der Waals surface area contributed by atoms with E-state index in [-0.39, 0.29) is 12.4 Å². The number of hydrogen-bond acceptors (Lipinski definition) is 3. The highest BCUT2D eigenvalue weighted by Gasteiger charge is 2.02. The zero-order valence-electron chi connectivity index (χ0n) is 8.21. The Balaban J connectivity index is 2.28. The van der Waals surface area contributed by atoms with E-state index in [1.165, 1.54) is 6.07 Å². The highest BCUT2D eigenvalue weighted by molar-refractivity contribution is 5.23. The third-order valence-corrected chi connectivity index (χ3v) is 1.65. The summed E-state index contributed by atoms with van der Waals surface area (Å²) in [5, 5.41) is 0. The molecule has 0 aromatic heterocycles. The number of halogens is 2. The second-order valence-electron chi connectivity index (χ2n) is 2.83. The Morgan fingerprint density at radius 3 is 2.53 bits per heavy atom. The second-order valence-corrected chi connectivity index (χ2v) is 2.83. The van der Waals surface area contributed by atoms with Crippen LogP contribution in [-0.4, -0.2) is 26.4 Å². The molecule has 0 aliphatic carbocycles. The summed E-state index contributed by atoms with van der Waals surface area (Å²) >= 11 is 0. The van der Waals surface area contributed by atoms with Gasteiger partial charge >= 0.3 is 0 Å². The number of nitrogens with two attached hydrogens (primary N) is 1. The number of benzene rings is 1. The minimum atomic E-state index is -0.921. The van der Waals surface area contributed by atoms with Crippen molar-refractivity contribution >= 4 is 0 Å². The summed E-state index contributed by atoms with van der Waals surface area (Å²) in [7, 11) is 0. The Labute approximate surface area is 86.8 Å². The van der Waals surface area contributed by atoms with Crippen molar-refractivity contribution < 1.29 is 18.3 Å². The maximum absolute atomic E-state index is 12.7. The Kier molecular flexibility index (Phi) is 5.00. The minimum absolute atomic E-state index is 0.283. The van der Waals surface area contributed by atoms with Crippen LogP contribution < -0.4 is 10.5 Å². The van der Waals surface area contributed by atoms with Crippen LogP contribution in [0.15, 0.2) is 18.2 Å². The third-order valence-electron chi connectivity index (χ3n) is 1.65. The molecule has 0 heterocycles. The molecule has 0 bridgehead atoms. The monoisotopic (exact) mass is 217 g/mol. The third kappa shape index (κ3) is 4.22. The largest absolute Gasteiger partial charge is 0.491 e. The minimum Gasteiger partial charge on any atom is -0.491 e. The summed E-state index contributed by atoms with van der Waals surface area (Å²) in [5.41, 5.74) is 5.20. The molecule has 0 aliphatic rings. The molecule has 0 unspecified atom stereocenters. The molecule has 0 saturated carbocycles. The van der Waals surface area contributed by atoms with Gasteiger partial charge in [-0.15, -0.1) is 0 Å². The topological polar surface area (TPSA) is 44.5 Å². The molecular formula is C10H13F2NO2. The number of ether oxygens (including phenoxy) is 2. The average Bonchev–Trinajstić information content (AvgIpc) is 2.23. The van der Waals surface area contributed by atoms with Gasteiger partial charge in [-0.3, -0.25) is 0 Å². The average molecular weight is 217 g/mol. The Morgan fingerprint density at radius 2 is 1.87 bits per heavy atom. The van der Waals surface area contributed by atoms with Gasteiger partial charge in [0.05, 0.1) is 13.2 Å². The predicted octanol–water partition coefficient (Wildman–Crippen LogP) is 1.32. The summed E-state index contributed by atoms with van der Waals surface area (Å²) in [6, 6.07) is 3.38. The normalized spacial score (nSPS) is 10.3. The van der Waals surface area contributed by atoms with Gasteiger partial charge < -0.3 is 15.2 Å². The van der Waals surface area contributed by atoms with Crippen LogP contribution >= 0.6 is 0 Å². The first kappa shape index (κ1) is 11.9. The lowest BCUT2D eigenvalue weighted by atomic mass is 10.3. The van der Waals surface area contributed by atoms with E-state index in [0.717, 1.165) is 12.1 Å². The van der Waals surface area contributed by atoms with Crippen LogP contribution in [0.4, 0.5) is 8.78 Å². The van der Waals surface area contributed by atoms with Crippen LogP contribution in [0.5, 0.6) is 5.75 Å². The zero-order valence-corrected chi connectivity index (χ0v) is 8.21. The Morgan fingerprint density at radius 1 is 1.07 bits per heavy atom. The highest BCUT2D eigenvalue weighted by Crippen LogP contribution is 2.14. The first-order chi connectivity index (χ1) is 7.24.